The molecular weight excluding hydrogens is 200 g/mol. The monoisotopic (exact) mass is 216 g/mol. The van der Waals surface area contributed by atoms with Gasteiger partial charge in [-0.2, -0.15) is 0 Å². The zero-order valence-corrected chi connectivity index (χ0v) is 9.11. The van der Waals surface area contributed by atoms with Crippen molar-refractivity contribution in [2.75, 3.05) is 13.1 Å². The number of amides is 1. The lowest BCUT2D eigenvalue weighted by Crippen LogP contribution is -2.41. The third-order valence-corrected chi connectivity index (χ3v) is 1.89. The Bertz CT molecular complexity index is 272. The van der Waals surface area contributed by atoms with Crippen molar-refractivity contribution in [3.63, 3.8) is 0 Å². The van der Waals surface area contributed by atoms with Gasteiger partial charge in [0, 0.05) is 6.54 Å². The Kier molecular flexibility index (Phi) is 3.18. The van der Waals surface area contributed by atoms with Crippen molar-refractivity contribution in [1.29, 1.82) is 0 Å². The van der Waals surface area contributed by atoms with Gasteiger partial charge in [0.15, 0.2) is 0 Å². The van der Waals surface area contributed by atoms with E-state index < -0.39 is 23.6 Å². The fraction of sp³-hybridized carbons (Fsp3) is 0.778. The number of hydrogen-bond donors (Lipinski definition) is 2. The van der Waals surface area contributed by atoms with Crippen molar-refractivity contribution in [2.24, 2.45) is 5.92 Å². The highest BCUT2D eigenvalue weighted by atomic mass is 16.6. The first-order valence-electron chi connectivity index (χ1n) is 4.76. The summed E-state index contributed by atoms with van der Waals surface area (Å²) in [5.41, 5.74) is 2.12. The second kappa shape index (κ2) is 4.06. The highest BCUT2D eigenvalue weighted by Gasteiger charge is 2.33. The zero-order valence-electron chi connectivity index (χ0n) is 9.11. The Balaban J connectivity index is 2.47. The number of ether oxygens (including phenoxy) is 1. The molecule has 0 aromatic carbocycles. The number of rotatable bonds is 1. The van der Waals surface area contributed by atoms with Crippen molar-refractivity contribution in [3.8, 4) is 0 Å². The van der Waals surface area contributed by atoms with E-state index in [9.17, 15) is 9.59 Å². The Hall–Kier alpha value is -1.30. The lowest BCUT2D eigenvalue weighted by Gasteiger charge is -2.23. The van der Waals surface area contributed by atoms with E-state index in [4.69, 9.17) is 9.84 Å². The molecule has 1 saturated heterocycles. The highest BCUT2D eigenvalue weighted by molar-refractivity contribution is 5.74. The number of carboxylic acids is 1. The number of nitrogens with zero attached hydrogens (tertiary/aromatic N) is 1. The summed E-state index contributed by atoms with van der Waals surface area (Å²) in [7, 11) is 0. The van der Waals surface area contributed by atoms with Crippen LogP contribution in [0.15, 0.2) is 0 Å². The van der Waals surface area contributed by atoms with Gasteiger partial charge in [-0.15, -0.1) is 0 Å². The maximum atomic E-state index is 11.5. The first-order chi connectivity index (χ1) is 6.79. The van der Waals surface area contributed by atoms with Crippen LogP contribution in [0.5, 0.6) is 0 Å². The van der Waals surface area contributed by atoms with Gasteiger partial charge in [-0.05, 0) is 20.8 Å². The number of hydrazine groups is 1. The topological polar surface area (TPSA) is 78.9 Å². The molecule has 1 amide bonds. The normalized spacial score (nSPS) is 21.5. The summed E-state index contributed by atoms with van der Waals surface area (Å²) in [6, 6.07) is 0. The Morgan fingerprint density at radius 1 is 1.47 bits per heavy atom. The van der Waals surface area contributed by atoms with Crippen LogP contribution >= 0.6 is 0 Å². The van der Waals surface area contributed by atoms with Crippen LogP contribution in [-0.4, -0.2) is 40.9 Å². The molecule has 6 heteroatoms. The number of carbonyl (C=O) groups excluding carboxylic acids is 1. The van der Waals surface area contributed by atoms with Gasteiger partial charge in [0.2, 0.25) is 0 Å². The summed E-state index contributed by atoms with van der Waals surface area (Å²) in [6.07, 6.45) is -0.536. The molecule has 0 radical (unpaired) electrons. The number of aliphatic carboxylic acids is 1. The molecule has 1 heterocycles. The Labute approximate surface area is 88.2 Å². The molecule has 0 saturated carbocycles. The van der Waals surface area contributed by atoms with Crippen LogP contribution < -0.4 is 5.43 Å². The summed E-state index contributed by atoms with van der Waals surface area (Å²) in [4.78, 5) is 22.1. The van der Waals surface area contributed by atoms with E-state index in [0.29, 0.717) is 0 Å². The van der Waals surface area contributed by atoms with Crippen LogP contribution in [0.1, 0.15) is 20.8 Å². The summed E-state index contributed by atoms with van der Waals surface area (Å²) < 4.78 is 5.08. The van der Waals surface area contributed by atoms with E-state index >= 15 is 0 Å². The molecule has 0 aromatic rings. The number of hydrogen-bond acceptors (Lipinski definition) is 4. The van der Waals surface area contributed by atoms with Crippen molar-refractivity contribution < 1.29 is 19.4 Å². The van der Waals surface area contributed by atoms with E-state index in [1.807, 2.05) is 0 Å². The molecule has 1 aliphatic rings. The third-order valence-electron chi connectivity index (χ3n) is 1.89. The van der Waals surface area contributed by atoms with Crippen LogP contribution in [0.25, 0.3) is 0 Å². The zero-order chi connectivity index (χ0) is 11.6. The quantitative estimate of drug-likeness (QED) is 0.665. The maximum absolute atomic E-state index is 11.5. The maximum Gasteiger partial charge on any atom is 0.424 e. The summed E-state index contributed by atoms with van der Waals surface area (Å²) in [5.74, 6) is -1.47. The number of carboxylic acid groups (broad SMARTS) is 1. The molecule has 1 unspecified atom stereocenters. The minimum Gasteiger partial charge on any atom is -0.481 e. The van der Waals surface area contributed by atoms with Gasteiger partial charge in [-0.25, -0.2) is 15.2 Å². The molecule has 0 bridgehead atoms. The van der Waals surface area contributed by atoms with E-state index in [-0.39, 0.29) is 13.1 Å². The molecule has 0 aromatic heterocycles. The van der Waals surface area contributed by atoms with Gasteiger partial charge in [-0.1, -0.05) is 0 Å². The van der Waals surface area contributed by atoms with Crippen LogP contribution in [0.3, 0.4) is 0 Å². The lowest BCUT2D eigenvalue weighted by molar-refractivity contribution is -0.140. The molecule has 0 aliphatic carbocycles. The molecule has 1 rings (SSSR count). The molecule has 6 nitrogen and oxygen atoms in total. The average Bonchev–Trinajstić information content (AvgIpc) is 2.47. The molecule has 1 aliphatic heterocycles. The van der Waals surface area contributed by atoms with Crippen molar-refractivity contribution in [2.45, 2.75) is 26.4 Å². The molecular formula is C9H16N2O4. The molecule has 86 valence electrons. The standard InChI is InChI=1S/C9H16N2O4/c1-9(2,3)15-8(14)11-5-6(4-10-11)7(12)13/h6,10H,4-5H2,1-3H3,(H,12,13). The van der Waals surface area contributed by atoms with Gasteiger partial charge in [0.05, 0.1) is 12.5 Å². The van der Waals surface area contributed by atoms with Gasteiger partial charge < -0.3 is 9.84 Å². The van der Waals surface area contributed by atoms with Crippen LogP contribution in [-0.2, 0) is 9.53 Å². The van der Waals surface area contributed by atoms with Crippen LogP contribution in [0.4, 0.5) is 4.79 Å². The third kappa shape index (κ3) is 3.39. The highest BCUT2D eigenvalue weighted by Crippen LogP contribution is 2.13. The predicted octanol–water partition coefficient (Wildman–Crippen LogP) is 0.443. The predicted molar refractivity (Wildman–Crippen MR) is 52.1 cm³/mol. The average molecular weight is 216 g/mol. The fourth-order valence-corrected chi connectivity index (χ4v) is 1.19. The second-order valence-electron chi connectivity index (χ2n) is 4.49. The molecule has 1 atom stereocenters. The lowest BCUT2D eigenvalue weighted by atomic mass is 10.2. The van der Waals surface area contributed by atoms with Gasteiger partial charge >= 0.3 is 12.1 Å². The largest absolute Gasteiger partial charge is 0.481 e. The van der Waals surface area contributed by atoms with Crippen LogP contribution in [0.2, 0.25) is 0 Å². The first kappa shape index (κ1) is 11.8. The van der Waals surface area contributed by atoms with Crippen molar-refractivity contribution >= 4 is 12.1 Å². The number of carbonyl (C=O) groups is 2. The van der Waals surface area contributed by atoms with E-state index in [2.05, 4.69) is 5.43 Å². The second-order valence-corrected chi connectivity index (χ2v) is 4.49. The van der Waals surface area contributed by atoms with Gasteiger partial charge in [0.25, 0.3) is 0 Å². The minimum absolute atomic E-state index is 0.143. The molecule has 2 N–H and O–H groups in total. The van der Waals surface area contributed by atoms with E-state index in [1.165, 1.54) is 5.01 Å². The summed E-state index contributed by atoms with van der Waals surface area (Å²) in [6.45, 7) is 5.68. The Morgan fingerprint density at radius 3 is 2.47 bits per heavy atom. The first-order valence-corrected chi connectivity index (χ1v) is 4.76. The van der Waals surface area contributed by atoms with Crippen LogP contribution in [0, 0.1) is 5.92 Å². The molecule has 15 heavy (non-hydrogen) atoms. The summed E-state index contributed by atoms with van der Waals surface area (Å²) in [5, 5.41) is 9.93. The Morgan fingerprint density at radius 2 is 2.07 bits per heavy atom. The summed E-state index contributed by atoms with van der Waals surface area (Å²) >= 11 is 0. The van der Waals surface area contributed by atoms with Crippen molar-refractivity contribution in [3.05, 3.63) is 0 Å². The molecule has 0 spiro atoms. The number of nitrogens with one attached hydrogen (secondary N) is 1. The van der Waals surface area contributed by atoms with Crippen molar-refractivity contribution in [1.82, 2.24) is 10.4 Å². The fourth-order valence-electron chi connectivity index (χ4n) is 1.19. The van der Waals surface area contributed by atoms with E-state index in [1.54, 1.807) is 20.8 Å². The van der Waals surface area contributed by atoms with Gasteiger partial charge in [0.1, 0.15) is 5.60 Å². The minimum atomic E-state index is -0.909. The van der Waals surface area contributed by atoms with Gasteiger partial charge in [-0.3, -0.25) is 4.79 Å². The molecule has 1 fully saturated rings. The van der Waals surface area contributed by atoms with E-state index in [0.717, 1.165) is 0 Å². The smallest absolute Gasteiger partial charge is 0.424 e. The SMILES string of the molecule is CC(C)(C)OC(=O)N1CC(C(=O)O)CN1.